The number of hydrogen-bond acceptors (Lipinski definition) is 6. The predicted octanol–water partition coefficient (Wildman–Crippen LogP) is 5.55. The third kappa shape index (κ3) is 5.86. The van der Waals surface area contributed by atoms with Crippen LogP contribution in [0, 0.1) is 11.7 Å². The second-order valence-electron chi connectivity index (χ2n) is 7.74. The Morgan fingerprint density at radius 2 is 2.00 bits per heavy atom. The number of carboxylic acid groups (broad SMARTS) is 1. The van der Waals surface area contributed by atoms with Gasteiger partial charge in [0.25, 0.3) is 0 Å². The summed E-state index contributed by atoms with van der Waals surface area (Å²) in [6, 6.07) is 8.78. The van der Waals surface area contributed by atoms with Crippen LogP contribution in [0.5, 0.6) is 5.75 Å². The fraction of sp³-hybridized carbons (Fsp3) is 0.348. The van der Waals surface area contributed by atoms with Crippen molar-refractivity contribution in [3.05, 3.63) is 54.3 Å². The summed E-state index contributed by atoms with van der Waals surface area (Å²) in [6.45, 7) is 2.47. The smallest absolute Gasteiger partial charge is 0.368 e. The molecular formula is C23H25F2NO5S2. The van der Waals surface area contributed by atoms with Gasteiger partial charge in [0.1, 0.15) is 17.8 Å². The molecule has 0 saturated carbocycles. The third-order valence-corrected chi connectivity index (χ3v) is 8.03. The number of benzene rings is 2. The lowest BCUT2D eigenvalue weighted by atomic mass is 10.0. The van der Waals surface area contributed by atoms with E-state index in [4.69, 9.17) is 9.84 Å². The number of halogens is 2. The van der Waals surface area contributed by atoms with Crippen molar-refractivity contribution in [1.82, 2.24) is 0 Å². The summed E-state index contributed by atoms with van der Waals surface area (Å²) in [5, 5.41) is 8.72. The standard InChI is InChI=1S/C23H25F2NO5S2/c1-3-4-5-15-12-26(17-8-6-16(24)7-9-17)19-10-21(32-2)20(31-13-18(25)23(27)28)11-22(19)33(29,30)14-15/h6-11,13,15H,3-5,12,14H2,1-2H3,(H,27,28)/b18-13-/t15-/m0/s1. The lowest BCUT2D eigenvalue weighted by Gasteiger charge is -2.28. The molecule has 3 rings (SSSR count). The maximum absolute atomic E-state index is 13.6. The summed E-state index contributed by atoms with van der Waals surface area (Å²) in [4.78, 5) is 13.1. The SMILES string of the molecule is CCCC[C@H]1CN(c2ccc(F)cc2)c2cc(SC)c(O/C=C(\F)C(=O)O)cc2S(=O)(=O)C1. The summed E-state index contributed by atoms with van der Waals surface area (Å²) < 4.78 is 59.0. The number of carbonyl (C=O) groups is 1. The van der Waals surface area contributed by atoms with E-state index in [0.29, 0.717) is 35.5 Å². The maximum Gasteiger partial charge on any atom is 0.368 e. The highest BCUT2D eigenvalue weighted by atomic mass is 32.2. The fourth-order valence-corrected chi connectivity index (χ4v) is 6.13. The molecule has 178 valence electrons. The van der Waals surface area contributed by atoms with Crippen molar-refractivity contribution in [3.8, 4) is 5.75 Å². The van der Waals surface area contributed by atoms with Gasteiger partial charge in [-0.05, 0) is 48.9 Å². The van der Waals surface area contributed by atoms with Crippen LogP contribution in [0.4, 0.5) is 20.2 Å². The molecule has 0 amide bonds. The van der Waals surface area contributed by atoms with E-state index in [1.807, 2.05) is 11.8 Å². The van der Waals surface area contributed by atoms with Crippen LogP contribution in [-0.2, 0) is 14.6 Å². The van der Waals surface area contributed by atoms with Gasteiger partial charge in [0.15, 0.2) is 9.84 Å². The molecule has 0 radical (unpaired) electrons. The number of carboxylic acids is 1. The monoisotopic (exact) mass is 497 g/mol. The molecule has 2 aromatic rings. The molecule has 0 spiro atoms. The molecule has 1 aliphatic heterocycles. The van der Waals surface area contributed by atoms with Crippen LogP contribution in [-0.4, -0.2) is 38.0 Å². The molecule has 0 saturated heterocycles. The minimum Gasteiger partial charge on any atom is -0.476 e. The fourth-order valence-electron chi connectivity index (χ4n) is 3.75. The lowest BCUT2D eigenvalue weighted by molar-refractivity contribution is -0.134. The molecule has 0 fully saturated rings. The summed E-state index contributed by atoms with van der Waals surface area (Å²) in [7, 11) is -3.75. The van der Waals surface area contributed by atoms with Gasteiger partial charge in [-0.15, -0.1) is 11.8 Å². The number of nitrogens with zero attached hydrogens (tertiary/aromatic N) is 1. The average molecular weight is 498 g/mol. The van der Waals surface area contributed by atoms with Gasteiger partial charge in [-0.1, -0.05) is 19.8 Å². The molecule has 0 aliphatic carbocycles. The van der Waals surface area contributed by atoms with Crippen LogP contribution in [0.15, 0.2) is 58.3 Å². The molecule has 1 atom stereocenters. The highest BCUT2D eigenvalue weighted by Crippen LogP contribution is 2.43. The first-order valence-electron chi connectivity index (χ1n) is 10.4. The van der Waals surface area contributed by atoms with E-state index < -0.39 is 27.5 Å². The van der Waals surface area contributed by atoms with Gasteiger partial charge in [0, 0.05) is 18.3 Å². The molecule has 0 unspecified atom stereocenters. The third-order valence-electron chi connectivity index (χ3n) is 5.36. The highest BCUT2D eigenvalue weighted by molar-refractivity contribution is 7.98. The zero-order chi connectivity index (χ0) is 24.2. The lowest BCUT2D eigenvalue weighted by Crippen LogP contribution is -2.26. The van der Waals surface area contributed by atoms with Crippen LogP contribution in [0.1, 0.15) is 26.2 Å². The van der Waals surface area contributed by atoms with Crippen molar-refractivity contribution in [2.75, 3.05) is 23.5 Å². The molecule has 1 N–H and O–H groups in total. The number of unbranched alkanes of at least 4 members (excludes halogenated alkanes) is 1. The molecule has 0 aromatic heterocycles. The van der Waals surface area contributed by atoms with E-state index >= 15 is 0 Å². The molecule has 33 heavy (non-hydrogen) atoms. The van der Waals surface area contributed by atoms with Crippen LogP contribution in [0.25, 0.3) is 0 Å². The Morgan fingerprint density at radius 3 is 2.61 bits per heavy atom. The van der Waals surface area contributed by atoms with Crippen LogP contribution < -0.4 is 9.64 Å². The van der Waals surface area contributed by atoms with E-state index in [1.165, 1.54) is 30.0 Å². The van der Waals surface area contributed by atoms with Crippen molar-refractivity contribution in [2.45, 2.75) is 36.0 Å². The Kier molecular flexibility index (Phi) is 8.01. The Bertz CT molecular complexity index is 1150. The van der Waals surface area contributed by atoms with Crippen molar-refractivity contribution < 1.29 is 31.8 Å². The number of hydrogen-bond donors (Lipinski definition) is 1. The van der Waals surface area contributed by atoms with E-state index in [0.717, 1.165) is 12.8 Å². The maximum atomic E-state index is 13.6. The zero-order valence-electron chi connectivity index (χ0n) is 18.3. The molecular weight excluding hydrogens is 472 g/mol. The molecule has 0 bridgehead atoms. The van der Waals surface area contributed by atoms with Gasteiger partial charge in [-0.25, -0.2) is 17.6 Å². The van der Waals surface area contributed by atoms with E-state index in [-0.39, 0.29) is 22.3 Å². The Hall–Kier alpha value is -2.59. The van der Waals surface area contributed by atoms with Crippen molar-refractivity contribution >= 4 is 38.9 Å². The Balaban J connectivity index is 2.17. The number of fused-ring (bicyclic) bond motifs is 1. The zero-order valence-corrected chi connectivity index (χ0v) is 19.9. The van der Waals surface area contributed by atoms with Crippen LogP contribution >= 0.6 is 11.8 Å². The summed E-state index contributed by atoms with van der Waals surface area (Å²) in [5.41, 5.74) is 1.06. The van der Waals surface area contributed by atoms with Gasteiger partial charge in [0.2, 0.25) is 5.83 Å². The van der Waals surface area contributed by atoms with Gasteiger partial charge >= 0.3 is 5.97 Å². The molecule has 10 heteroatoms. The van der Waals surface area contributed by atoms with Gasteiger partial charge in [-0.2, -0.15) is 4.39 Å². The molecule has 1 heterocycles. The second-order valence-corrected chi connectivity index (χ2v) is 10.6. The van der Waals surface area contributed by atoms with Gasteiger partial charge in [-0.3, -0.25) is 0 Å². The minimum atomic E-state index is -3.75. The average Bonchev–Trinajstić information content (AvgIpc) is 2.89. The Labute approximate surface area is 196 Å². The van der Waals surface area contributed by atoms with Crippen molar-refractivity contribution in [3.63, 3.8) is 0 Å². The first-order chi connectivity index (χ1) is 15.7. The van der Waals surface area contributed by atoms with Gasteiger partial charge in [0.05, 0.1) is 21.2 Å². The van der Waals surface area contributed by atoms with Crippen LogP contribution in [0.2, 0.25) is 0 Å². The molecule has 2 aromatic carbocycles. The molecule has 1 aliphatic rings. The van der Waals surface area contributed by atoms with Crippen molar-refractivity contribution in [2.24, 2.45) is 5.92 Å². The summed E-state index contributed by atoms with van der Waals surface area (Å²) in [6.07, 6.45) is 4.69. The van der Waals surface area contributed by atoms with E-state index in [1.54, 1.807) is 24.5 Å². The summed E-state index contributed by atoms with van der Waals surface area (Å²) in [5.74, 6) is -3.89. The van der Waals surface area contributed by atoms with Crippen LogP contribution in [0.3, 0.4) is 0 Å². The van der Waals surface area contributed by atoms with Gasteiger partial charge < -0.3 is 14.7 Å². The predicted molar refractivity (Wildman–Crippen MR) is 124 cm³/mol. The normalized spacial score (nSPS) is 17.9. The number of ether oxygens (including phenoxy) is 1. The number of rotatable bonds is 8. The Morgan fingerprint density at radius 1 is 1.30 bits per heavy atom. The topological polar surface area (TPSA) is 83.9 Å². The first kappa shape index (κ1) is 25.0. The minimum absolute atomic E-state index is 0.00255. The number of aliphatic carboxylic acids is 1. The second kappa shape index (κ2) is 10.6. The first-order valence-corrected chi connectivity index (χ1v) is 13.3. The largest absolute Gasteiger partial charge is 0.476 e. The molecule has 6 nitrogen and oxygen atoms in total. The quantitative estimate of drug-likeness (QED) is 0.291. The number of thioether (sulfide) groups is 1. The van der Waals surface area contributed by atoms with E-state index in [9.17, 15) is 22.0 Å². The number of sulfone groups is 1. The van der Waals surface area contributed by atoms with Crippen molar-refractivity contribution in [1.29, 1.82) is 0 Å². The summed E-state index contributed by atoms with van der Waals surface area (Å²) >= 11 is 1.24. The number of anilines is 2. The highest BCUT2D eigenvalue weighted by Gasteiger charge is 2.33. The van der Waals surface area contributed by atoms with E-state index in [2.05, 4.69) is 0 Å².